The minimum atomic E-state index is -0.263. The van der Waals surface area contributed by atoms with E-state index in [0.717, 1.165) is 50.3 Å². The maximum absolute atomic E-state index is 13.8. The zero-order valence-electron chi connectivity index (χ0n) is 24.2. The zero-order chi connectivity index (χ0) is 29.5. The van der Waals surface area contributed by atoms with E-state index in [1.165, 1.54) is 24.3 Å². The van der Waals surface area contributed by atoms with Gasteiger partial charge in [0.05, 0.1) is 19.4 Å². The first-order valence-corrected chi connectivity index (χ1v) is 14.0. The second-order valence-electron chi connectivity index (χ2n) is 10.2. The van der Waals surface area contributed by atoms with Gasteiger partial charge in [0.15, 0.2) is 0 Å². The van der Waals surface area contributed by atoms with Gasteiger partial charge in [0.2, 0.25) is 5.91 Å². The lowest BCUT2D eigenvalue weighted by molar-refractivity contribution is -0.168. The summed E-state index contributed by atoms with van der Waals surface area (Å²) < 4.78 is 28.1. The summed E-state index contributed by atoms with van der Waals surface area (Å²) in [5.41, 5.74) is 6.38. The normalized spacial score (nSPS) is 11.0. The highest BCUT2D eigenvalue weighted by atomic mass is 19.1. The third kappa shape index (κ3) is 6.81. The van der Waals surface area contributed by atoms with Crippen molar-refractivity contribution in [1.29, 1.82) is 0 Å². The van der Waals surface area contributed by atoms with E-state index in [9.17, 15) is 9.18 Å². The fourth-order valence-corrected chi connectivity index (χ4v) is 5.02. The Kier molecular flexibility index (Phi) is 9.19. The number of carbonyl (C=O) groups excluding carboxylic acids is 1. The number of nitrogens with zero attached hydrogens (tertiary/aromatic N) is 2. The molecule has 0 bridgehead atoms. The van der Waals surface area contributed by atoms with Gasteiger partial charge in [-0.15, -0.1) is 0 Å². The number of rotatable bonds is 12. The summed E-state index contributed by atoms with van der Waals surface area (Å²) in [7, 11) is 3.06. The van der Waals surface area contributed by atoms with Gasteiger partial charge in [-0.2, -0.15) is 0 Å². The predicted octanol–water partition coefficient (Wildman–Crippen LogP) is 7.56. The van der Waals surface area contributed by atoms with Gasteiger partial charge < -0.3 is 14.0 Å². The van der Waals surface area contributed by atoms with E-state index in [0.29, 0.717) is 32.6 Å². The van der Waals surface area contributed by atoms with Crippen LogP contribution < -0.4 is 9.47 Å². The van der Waals surface area contributed by atoms with E-state index in [-0.39, 0.29) is 11.7 Å². The SMILES string of the molecule is CON(C)C(=O)CCCOc1ccc(Cn2c(-c3ccc(F)cc3)c(C)c3cc(OCc4ccccc4)ccc32)cc1. The van der Waals surface area contributed by atoms with Crippen molar-refractivity contribution in [2.45, 2.75) is 32.9 Å². The molecule has 0 N–H and O–H groups in total. The molecule has 7 heteroatoms. The van der Waals surface area contributed by atoms with Crippen molar-refractivity contribution >= 4 is 16.8 Å². The molecule has 0 atom stereocenters. The second kappa shape index (κ2) is 13.4. The number of aryl methyl sites for hydroxylation is 1. The summed E-state index contributed by atoms with van der Waals surface area (Å²) in [6, 6.07) is 30.9. The topological polar surface area (TPSA) is 52.9 Å². The largest absolute Gasteiger partial charge is 0.494 e. The van der Waals surface area contributed by atoms with Gasteiger partial charge in [-0.3, -0.25) is 9.63 Å². The third-order valence-corrected chi connectivity index (χ3v) is 7.35. The van der Waals surface area contributed by atoms with E-state index in [1.807, 2.05) is 72.8 Å². The lowest BCUT2D eigenvalue weighted by Gasteiger charge is -2.14. The van der Waals surface area contributed by atoms with E-state index in [1.54, 1.807) is 7.05 Å². The van der Waals surface area contributed by atoms with E-state index in [4.69, 9.17) is 14.3 Å². The van der Waals surface area contributed by atoms with Crippen LogP contribution in [0.2, 0.25) is 0 Å². The fraction of sp³-hybridized carbons (Fsp3) is 0.229. The Bertz CT molecular complexity index is 1630. The molecule has 6 nitrogen and oxygen atoms in total. The van der Waals surface area contributed by atoms with Gasteiger partial charge in [0.25, 0.3) is 0 Å². The molecule has 216 valence electrons. The number of hydrogen-bond donors (Lipinski definition) is 0. The number of hydroxylamine groups is 2. The molecule has 0 spiro atoms. The van der Waals surface area contributed by atoms with Crippen LogP contribution in [0.3, 0.4) is 0 Å². The quantitative estimate of drug-likeness (QED) is 0.116. The van der Waals surface area contributed by atoms with Crippen molar-refractivity contribution in [2.24, 2.45) is 0 Å². The van der Waals surface area contributed by atoms with E-state index in [2.05, 4.69) is 23.6 Å². The number of carbonyl (C=O) groups is 1. The molecule has 1 aromatic heterocycles. The van der Waals surface area contributed by atoms with Crippen LogP contribution in [-0.2, 0) is 22.8 Å². The molecule has 5 aromatic rings. The number of ether oxygens (including phenoxy) is 2. The first-order valence-electron chi connectivity index (χ1n) is 14.0. The van der Waals surface area contributed by atoms with Crippen LogP contribution in [0.4, 0.5) is 4.39 Å². The number of hydrogen-bond acceptors (Lipinski definition) is 4. The number of aromatic nitrogens is 1. The van der Waals surface area contributed by atoms with Gasteiger partial charge in [0, 0.05) is 30.9 Å². The Labute approximate surface area is 245 Å². The van der Waals surface area contributed by atoms with Gasteiger partial charge in [-0.1, -0.05) is 42.5 Å². The van der Waals surface area contributed by atoms with Crippen LogP contribution >= 0.6 is 0 Å². The molecule has 0 saturated carbocycles. The Morgan fingerprint density at radius 3 is 2.29 bits per heavy atom. The summed E-state index contributed by atoms with van der Waals surface area (Å²) in [5.74, 6) is 1.20. The minimum absolute atomic E-state index is 0.0856. The van der Waals surface area contributed by atoms with Crippen LogP contribution in [0, 0.1) is 12.7 Å². The predicted molar refractivity (Wildman–Crippen MR) is 163 cm³/mol. The summed E-state index contributed by atoms with van der Waals surface area (Å²) in [4.78, 5) is 16.8. The lowest BCUT2D eigenvalue weighted by atomic mass is 10.1. The maximum atomic E-state index is 13.8. The highest BCUT2D eigenvalue weighted by Crippen LogP contribution is 2.36. The first kappa shape index (κ1) is 28.9. The highest BCUT2D eigenvalue weighted by Gasteiger charge is 2.17. The van der Waals surface area contributed by atoms with Gasteiger partial charge in [0.1, 0.15) is 23.9 Å². The Morgan fingerprint density at radius 2 is 1.57 bits per heavy atom. The fourth-order valence-electron chi connectivity index (χ4n) is 5.02. The summed E-state index contributed by atoms with van der Waals surface area (Å²) in [5, 5.41) is 2.31. The van der Waals surface area contributed by atoms with E-state index >= 15 is 0 Å². The Hall–Kier alpha value is -4.62. The van der Waals surface area contributed by atoms with Crippen LogP contribution in [0.25, 0.3) is 22.2 Å². The maximum Gasteiger partial charge on any atom is 0.245 e. The van der Waals surface area contributed by atoms with Crippen molar-refractivity contribution in [3.8, 4) is 22.8 Å². The molecule has 1 amide bonds. The van der Waals surface area contributed by atoms with Crippen LogP contribution in [-0.4, -0.2) is 36.3 Å². The third-order valence-electron chi connectivity index (χ3n) is 7.35. The Morgan fingerprint density at radius 1 is 0.857 bits per heavy atom. The minimum Gasteiger partial charge on any atom is -0.494 e. The van der Waals surface area contributed by atoms with Crippen molar-refractivity contribution in [3.05, 3.63) is 120 Å². The number of benzene rings is 4. The molecule has 0 unspecified atom stereocenters. The number of fused-ring (bicyclic) bond motifs is 1. The van der Waals surface area contributed by atoms with Crippen molar-refractivity contribution in [2.75, 3.05) is 20.8 Å². The van der Waals surface area contributed by atoms with Gasteiger partial charge >= 0.3 is 0 Å². The average Bonchev–Trinajstić information content (AvgIpc) is 3.29. The van der Waals surface area contributed by atoms with E-state index < -0.39 is 0 Å². The average molecular weight is 567 g/mol. The summed E-state index contributed by atoms with van der Waals surface area (Å²) in [6.45, 7) is 3.66. The molecule has 42 heavy (non-hydrogen) atoms. The first-order chi connectivity index (χ1) is 20.4. The molecular formula is C35H35FN2O4. The van der Waals surface area contributed by atoms with Crippen LogP contribution in [0.1, 0.15) is 29.5 Å². The van der Waals surface area contributed by atoms with Crippen molar-refractivity contribution in [1.82, 2.24) is 9.63 Å². The highest BCUT2D eigenvalue weighted by molar-refractivity contribution is 5.92. The smallest absolute Gasteiger partial charge is 0.245 e. The van der Waals surface area contributed by atoms with Gasteiger partial charge in [-0.25, -0.2) is 9.45 Å². The zero-order valence-corrected chi connectivity index (χ0v) is 24.2. The standard InChI is InChI=1S/C35H35FN2O4/c1-25-32-22-31(42-24-27-8-5-4-6-9-27)19-20-33(32)38(35(25)28-13-15-29(36)16-14-28)23-26-11-17-30(18-12-26)41-21-7-10-34(39)37(2)40-3/h4-6,8-9,11-20,22H,7,10,21,23-24H2,1-3H3. The lowest BCUT2D eigenvalue weighted by Crippen LogP contribution is -2.25. The molecule has 1 heterocycles. The molecule has 0 aliphatic heterocycles. The monoisotopic (exact) mass is 566 g/mol. The van der Waals surface area contributed by atoms with Crippen LogP contribution in [0.5, 0.6) is 11.5 Å². The Balaban J connectivity index is 1.36. The molecule has 0 aliphatic rings. The van der Waals surface area contributed by atoms with Crippen LogP contribution in [0.15, 0.2) is 97.1 Å². The molecule has 4 aromatic carbocycles. The van der Waals surface area contributed by atoms with Crippen molar-refractivity contribution < 1.29 is 23.5 Å². The second-order valence-corrected chi connectivity index (χ2v) is 10.2. The van der Waals surface area contributed by atoms with Gasteiger partial charge in [-0.05, 0) is 90.2 Å². The molecule has 0 aliphatic carbocycles. The van der Waals surface area contributed by atoms with Crippen molar-refractivity contribution in [3.63, 3.8) is 0 Å². The number of halogens is 1. The molecule has 0 saturated heterocycles. The summed E-state index contributed by atoms with van der Waals surface area (Å²) in [6.07, 6.45) is 0.953. The molecular weight excluding hydrogens is 531 g/mol. The molecule has 0 radical (unpaired) electrons. The molecule has 5 rings (SSSR count). The summed E-state index contributed by atoms with van der Waals surface area (Å²) >= 11 is 0. The molecule has 0 fully saturated rings. The number of amides is 1.